The average molecular weight is 434 g/mol. The standard InChI is InChI=1S/C23H23N5O2S/c1-3-18-10-4-5-12-20(18)24-21-22(29)28(27-13-6-7-14-27)23(26-25-21)31-16-17-9-8-11-19(15-17)30-2/h4-15H,3,16H2,1-2H3,(H,24,25). The Morgan fingerprint density at radius 2 is 1.84 bits per heavy atom. The van der Waals surface area contributed by atoms with Crippen molar-refractivity contribution in [2.45, 2.75) is 24.3 Å². The molecule has 0 saturated carbocycles. The van der Waals surface area contributed by atoms with Gasteiger partial charge in [0.1, 0.15) is 5.75 Å². The molecule has 158 valence electrons. The molecule has 1 N–H and O–H groups in total. The van der Waals surface area contributed by atoms with Crippen molar-refractivity contribution >= 4 is 23.3 Å². The molecule has 0 saturated heterocycles. The number of anilines is 2. The van der Waals surface area contributed by atoms with E-state index in [0.29, 0.717) is 10.9 Å². The third-order valence-electron chi connectivity index (χ3n) is 4.78. The molecular weight excluding hydrogens is 410 g/mol. The fourth-order valence-corrected chi connectivity index (χ4v) is 4.06. The summed E-state index contributed by atoms with van der Waals surface area (Å²) in [5.41, 5.74) is 2.75. The van der Waals surface area contributed by atoms with Crippen molar-refractivity contribution in [1.82, 2.24) is 19.5 Å². The minimum atomic E-state index is -0.273. The number of nitrogens with one attached hydrogen (secondary N) is 1. The number of thioether (sulfide) groups is 1. The Kier molecular flexibility index (Phi) is 6.37. The fraction of sp³-hybridized carbons (Fsp3) is 0.174. The fourth-order valence-electron chi connectivity index (χ4n) is 3.18. The van der Waals surface area contributed by atoms with E-state index in [1.807, 2.05) is 73.1 Å². The Bertz CT molecular complexity index is 1220. The maximum Gasteiger partial charge on any atom is 0.316 e. The van der Waals surface area contributed by atoms with E-state index in [4.69, 9.17) is 4.74 Å². The maximum atomic E-state index is 13.3. The number of benzene rings is 2. The van der Waals surface area contributed by atoms with E-state index in [9.17, 15) is 4.79 Å². The van der Waals surface area contributed by atoms with Crippen LogP contribution < -0.4 is 15.6 Å². The van der Waals surface area contributed by atoms with Crippen molar-refractivity contribution in [1.29, 1.82) is 0 Å². The first-order chi connectivity index (χ1) is 15.2. The lowest BCUT2D eigenvalue weighted by atomic mass is 10.1. The van der Waals surface area contributed by atoms with Crippen LogP contribution in [-0.4, -0.2) is 26.7 Å². The second-order valence-electron chi connectivity index (χ2n) is 6.79. The zero-order valence-corrected chi connectivity index (χ0v) is 18.2. The Morgan fingerprint density at radius 1 is 1.03 bits per heavy atom. The highest BCUT2D eigenvalue weighted by molar-refractivity contribution is 7.98. The van der Waals surface area contributed by atoms with E-state index in [1.165, 1.54) is 16.4 Å². The highest BCUT2D eigenvalue weighted by atomic mass is 32.2. The molecule has 8 heteroatoms. The van der Waals surface area contributed by atoms with Crippen molar-refractivity contribution in [3.63, 3.8) is 0 Å². The summed E-state index contributed by atoms with van der Waals surface area (Å²) < 4.78 is 8.53. The van der Waals surface area contributed by atoms with E-state index in [2.05, 4.69) is 22.4 Å². The number of ether oxygens (including phenoxy) is 1. The Morgan fingerprint density at radius 3 is 2.61 bits per heavy atom. The van der Waals surface area contributed by atoms with Gasteiger partial charge in [-0.1, -0.05) is 49.0 Å². The van der Waals surface area contributed by atoms with Gasteiger partial charge in [-0.05, 0) is 47.9 Å². The molecule has 2 aromatic carbocycles. The van der Waals surface area contributed by atoms with Crippen LogP contribution in [0.5, 0.6) is 5.75 Å². The first-order valence-electron chi connectivity index (χ1n) is 9.93. The van der Waals surface area contributed by atoms with Gasteiger partial charge in [0.2, 0.25) is 11.0 Å². The van der Waals surface area contributed by atoms with Crippen LogP contribution in [0.15, 0.2) is 83.0 Å². The second kappa shape index (κ2) is 9.53. The molecule has 2 heterocycles. The lowest BCUT2D eigenvalue weighted by molar-refractivity contribution is 0.414. The van der Waals surface area contributed by atoms with Crippen molar-refractivity contribution in [2.24, 2.45) is 0 Å². The van der Waals surface area contributed by atoms with Gasteiger partial charge in [0.05, 0.1) is 7.11 Å². The number of aromatic nitrogens is 4. The van der Waals surface area contributed by atoms with Crippen molar-refractivity contribution < 1.29 is 4.74 Å². The number of nitrogens with zero attached hydrogens (tertiary/aromatic N) is 4. The second-order valence-corrected chi connectivity index (χ2v) is 7.73. The minimum Gasteiger partial charge on any atom is -0.497 e. The summed E-state index contributed by atoms with van der Waals surface area (Å²) in [5, 5.41) is 12.2. The highest BCUT2D eigenvalue weighted by Gasteiger charge is 2.15. The smallest absolute Gasteiger partial charge is 0.316 e. The molecule has 0 atom stereocenters. The van der Waals surface area contributed by atoms with Crippen molar-refractivity contribution in [3.8, 4) is 5.75 Å². The van der Waals surface area contributed by atoms with Gasteiger partial charge in [-0.25, -0.2) is 0 Å². The summed E-state index contributed by atoms with van der Waals surface area (Å²) in [5.74, 6) is 1.60. The molecule has 0 unspecified atom stereocenters. The number of para-hydroxylation sites is 1. The Hall–Kier alpha value is -3.52. The predicted octanol–water partition coefficient (Wildman–Crippen LogP) is 4.36. The summed E-state index contributed by atoms with van der Waals surface area (Å²) in [6.07, 6.45) is 4.46. The molecule has 0 aliphatic rings. The van der Waals surface area contributed by atoms with Crippen molar-refractivity contribution in [3.05, 3.63) is 94.5 Å². The molecular formula is C23H23N5O2S. The van der Waals surface area contributed by atoms with E-state index in [0.717, 1.165) is 29.0 Å². The van der Waals surface area contributed by atoms with Gasteiger partial charge in [-0.3, -0.25) is 9.47 Å². The lowest BCUT2D eigenvalue weighted by Crippen LogP contribution is -2.30. The first-order valence-corrected chi connectivity index (χ1v) is 10.9. The maximum absolute atomic E-state index is 13.3. The molecule has 4 rings (SSSR count). The van der Waals surface area contributed by atoms with E-state index in [1.54, 1.807) is 11.8 Å². The number of methoxy groups -OCH3 is 1. The molecule has 0 aliphatic heterocycles. The molecule has 0 amide bonds. The van der Waals surface area contributed by atoms with Crippen LogP contribution >= 0.6 is 11.8 Å². The molecule has 4 aromatic rings. The van der Waals surface area contributed by atoms with Gasteiger partial charge in [0.25, 0.3) is 0 Å². The van der Waals surface area contributed by atoms with Crippen LogP contribution in [0.2, 0.25) is 0 Å². The van der Waals surface area contributed by atoms with Crippen LogP contribution in [0, 0.1) is 0 Å². The van der Waals surface area contributed by atoms with Gasteiger partial charge in [-0.15, -0.1) is 10.2 Å². The normalized spacial score (nSPS) is 10.8. The molecule has 2 aromatic heterocycles. The number of aryl methyl sites for hydroxylation is 1. The quantitative estimate of drug-likeness (QED) is 0.416. The summed E-state index contributed by atoms with van der Waals surface area (Å²) >= 11 is 1.44. The van der Waals surface area contributed by atoms with Crippen LogP contribution in [0.25, 0.3) is 0 Å². The summed E-state index contributed by atoms with van der Waals surface area (Å²) in [7, 11) is 1.64. The Labute approximate surface area is 184 Å². The molecule has 0 aliphatic carbocycles. The SMILES string of the molecule is CCc1ccccc1Nc1nnc(SCc2cccc(OC)c2)n(-n2cccc2)c1=O. The highest BCUT2D eigenvalue weighted by Crippen LogP contribution is 2.24. The van der Waals surface area contributed by atoms with Crippen LogP contribution in [0.4, 0.5) is 11.5 Å². The predicted molar refractivity (Wildman–Crippen MR) is 123 cm³/mol. The van der Waals surface area contributed by atoms with E-state index >= 15 is 0 Å². The minimum absolute atomic E-state index is 0.181. The van der Waals surface area contributed by atoms with Crippen LogP contribution in [-0.2, 0) is 12.2 Å². The number of rotatable bonds is 8. The van der Waals surface area contributed by atoms with Crippen molar-refractivity contribution in [2.75, 3.05) is 12.4 Å². The molecule has 0 bridgehead atoms. The van der Waals surface area contributed by atoms with Crippen LogP contribution in [0.1, 0.15) is 18.1 Å². The summed E-state index contributed by atoms with van der Waals surface area (Å²) in [6.45, 7) is 2.07. The number of hydrogen-bond acceptors (Lipinski definition) is 6. The summed E-state index contributed by atoms with van der Waals surface area (Å²) in [6, 6.07) is 19.4. The monoisotopic (exact) mass is 433 g/mol. The van der Waals surface area contributed by atoms with E-state index in [-0.39, 0.29) is 11.4 Å². The molecule has 31 heavy (non-hydrogen) atoms. The average Bonchev–Trinajstić information content (AvgIpc) is 3.34. The van der Waals surface area contributed by atoms with Gasteiger partial charge >= 0.3 is 5.56 Å². The van der Waals surface area contributed by atoms with E-state index < -0.39 is 0 Å². The van der Waals surface area contributed by atoms with Crippen LogP contribution in [0.3, 0.4) is 0 Å². The van der Waals surface area contributed by atoms with Gasteiger partial charge in [0.15, 0.2) is 0 Å². The summed E-state index contributed by atoms with van der Waals surface area (Å²) in [4.78, 5) is 13.3. The molecule has 0 fully saturated rings. The molecule has 7 nitrogen and oxygen atoms in total. The molecule has 0 spiro atoms. The zero-order chi connectivity index (χ0) is 21.6. The lowest BCUT2D eigenvalue weighted by Gasteiger charge is -2.15. The molecule has 0 radical (unpaired) electrons. The number of hydrogen-bond donors (Lipinski definition) is 1. The Balaban J connectivity index is 1.68. The van der Waals surface area contributed by atoms with Gasteiger partial charge in [-0.2, -0.15) is 4.68 Å². The topological polar surface area (TPSA) is 74.0 Å². The van der Waals surface area contributed by atoms with Gasteiger partial charge < -0.3 is 10.1 Å². The third kappa shape index (κ3) is 4.64. The first kappa shape index (κ1) is 20.7. The zero-order valence-electron chi connectivity index (χ0n) is 17.4. The third-order valence-corrected chi connectivity index (χ3v) is 5.78. The van der Waals surface area contributed by atoms with Gasteiger partial charge in [0, 0.05) is 23.8 Å². The largest absolute Gasteiger partial charge is 0.497 e.